The summed E-state index contributed by atoms with van der Waals surface area (Å²) >= 11 is 8.54. The van der Waals surface area contributed by atoms with Crippen molar-refractivity contribution in [3.05, 3.63) is 45.4 Å². The van der Waals surface area contributed by atoms with E-state index in [1.807, 2.05) is 13.8 Å². The van der Waals surface area contributed by atoms with E-state index < -0.39 is 31.2 Å². The standard InChI is InChI=1S/C27H39N7O5S2.C23H31N7O4S2.C4H9ClO/c1-18-20(16-32-6-8-33(9-7-32)17-27(2,3)35)23-24(40-18)22(29-26(30-23)34-10-12-39-13-11-34)19-14-21(31-41(5,36)37)25(38-4)28-15-19;1-15-17(14-29-6-4-24-5-7-29)20-21(35-15)19(26-23(27-20)30-8-10-34-11-9-30)16-12-18(28-36(3,31)32)22(33-2)25-13-16;1-4(2,6)3-5/h14-15,31,35H,6-13,16-17H2,1-5H3;12-13,24,28H,4-11,14H2,1-3H3;6H,3H2,1-2H3. The summed E-state index contributed by atoms with van der Waals surface area (Å²) in [5.41, 5.74) is 6.16. The molecule has 4 aliphatic rings. The van der Waals surface area contributed by atoms with Crippen molar-refractivity contribution in [2.24, 2.45) is 0 Å². The van der Waals surface area contributed by atoms with Gasteiger partial charge in [0.1, 0.15) is 11.4 Å². The Labute approximate surface area is 500 Å². The first-order valence-electron chi connectivity index (χ1n) is 27.5. The summed E-state index contributed by atoms with van der Waals surface area (Å²) in [4.78, 5) is 42.7. The van der Waals surface area contributed by atoms with Gasteiger partial charge >= 0.3 is 0 Å². The van der Waals surface area contributed by atoms with Crippen LogP contribution in [0.5, 0.6) is 11.8 Å². The molecule has 0 spiro atoms. The third-order valence-electron chi connectivity index (χ3n) is 13.8. The average molecular weight is 1250 g/mol. The summed E-state index contributed by atoms with van der Waals surface area (Å²) in [6, 6.07) is 3.44. The zero-order valence-electron chi connectivity index (χ0n) is 49.0. The first kappa shape index (κ1) is 64.1. The Balaban J connectivity index is 0.000000199. The Kier molecular flexibility index (Phi) is 21.3. The smallest absolute Gasteiger partial charge is 0.238 e. The fourth-order valence-electron chi connectivity index (χ4n) is 9.82. The molecule has 6 aromatic rings. The van der Waals surface area contributed by atoms with Gasteiger partial charge in [-0.15, -0.1) is 34.3 Å². The fourth-order valence-corrected chi connectivity index (χ4v) is 13.1. The quantitative estimate of drug-likeness (QED) is 0.0764. The maximum absolute atomic E-state index is 12.1. The molecule has 0 radical (unpaired) electrons. The molecule has 10 rings (SSSR count). The van der Waals surface area contributed by atoms with Gasteiger partial charge in [-0.2, -0.15) is 0 Å². The largest absolute Gasteiger partial charge is 0.480 e. The van der Waals surface area contributed by atoms with E-state index in [-0.39, 0.29) is 23.1 Å². The van der Waals surface area contributed by atoms with Gasteiger partial charge < -0.3 is 44.3 Å². The summed E-state index contributed by atoms with van der Waals surface area (Å²) in [5.74, 6) is 1.95. The maximum Gasteiger partial charge on any atom is 0.238 e. The number of methoxy groups -OCH3 is 2. The molecule has 24 nitrogen and oxygen atoms in total. The number of fused-ring (bicyclic) bond motifs is 2. The fraction of sp³-hybridized carbons (Fsp3) is 0.593. The average Bonchev–Trinajstić information content (AvgIpc) is 2.41. The normalized spacial score (nSPS) is 17.2. The van der Waals surface area contributed by atoms with Crippen LogP contribution in [-0.4, -0.2) is 227 Å². The van der Waals surface area contributed by atoms with Gasteiger partial charge in [-0.05, 0) is 53.7 Å². The number of nitrogens with one attached hydrogen (secondary N) is 3. The molecule has 10 heterocycles. The molecule has 456 valence electrons. The molecule has 4 saturated heterocycles. The van der Waals surface area contributed by atoms with E-state index in [0.717, 1.165) is 104 Å². The van der Waals surface area contributed by atoms with Crippen LogP contribution in [0.2, 0.25) is 0 Å². The number of aromatic nitrogens is 6. The van der Waals surface area contributed by atoms with Crippen LogP contribution in [0.3, 0.4) is 0 Å². The molecule has 4 fully saturated rings. The first-order valence-corrected chi connectivity index (χ1v) is 33.4. The summed E-state index contributed by atoms with van der Waals surface area (Å²) in [6.45, 7) is 26.4. The third kappa shape index (κ3) is 17.6. The van der Waals surface area contributed by atoms with Gasteiger partial charge in [-0.25, -0.2) is 46.7 Å². The number of anilines is 4. The number of hydrogen-bond acceptors (Lipinski definition) is 24. The minimum Gasteiger partial charge on any atom is -0.480 e. The van der Waals surface area contributed by atoms with Crippen LogP contribution in [0.1, 0.15) is 48.6 Å². The zero-order chi connectivity index (χ0) is 59.9. The molecule has 0 saturated carbocycles. The number of nitrogens with zero attached hydrogens (tertiary/aromatic N) is 11. The molecular weight excluding hydrogens is 1170 g/mol. The number of ether oxygens (including phenoxy) is 4. The highest BCUT2D eigenvalue weighted by atomic mass is 35.5. The number of hydrogen-bond donors (Lipinski definition) is 5. The Hall–Kier alpha value is -4.95. The van der Waals surface area contributed by atoms with Gasteiger partial charge in [0.05, 0.1) is 102 Å². The van der Waals surface area contributed by atoms with Crippen LogP contribution in [0.25, 0.3) is 42.9 Å². The SMILES string of the molecule is CC(C)(O)CCl.COc1ncc(-c2nc(N3CCOCC3)nc3c(CN4CCN(CC(C)(C)O)CC4)c(C)sc23)cc1NS(C)(=O)=O.COc1ncc(-c2nc(N3CCOCC3)nc3c(CN4CCNCC4)c(C)sc23)cc1NS(C)(=O)=O. The molecule has 29 heteroatoms. The second kappa shape index (κ2) is 27.6. The monoisotopic (exact) mass is 1250 g/mol. The molecule has 6 aromatic heterocycles. The van der Waals surface area contributed by atoms with Gasteiger partial charge in [0.2, 0.25) is 43.7 Å². The molecule has 0 unspecified atom stereocenters. The van der Waals surface area contributed by atoms with Crippen LogP contribution in [0, 0.1) is 13.8 Å². The lowest BCUT2D eigenvalue weighted by atomic mass is 10.1. The van der Waals surface area contributed by atoms with Gasteiger partial charge in [0.15, 0.2) is 0 Å². The minimum absolute atomic E-state index is 0.185. The van der Waals surface area contributed by atoms with E-state index in [9.17, 15) is 21.9 Å². The number of halogens is 1. The van der Waals surface area contributed by atoms with Crippen molar-refractivity contribution in [3.63, 3.8) is 0 Å². The van der Waals surface area contributed by atoms with Crippen LogP contribution >= 0.6 is 34.3 Å². The maximum atomic E-state index is 12.1. The van der Waals surface area contributed by atoms with Crippen molar-refractivity contribution in [2.45, 2.75) is 65.8 Å². The second-order valence-corrected chi connectivity index (χ2v) is 28.4. The number of sulfonamides is 2. The molecular formula is C54H79ClN14O10S4. The van der Waals surface area contributed by atoms with Crippen LogP contribution in [0.4, 0.5) is 23.3 Å². The third-order valence-corrected chi connectivity index (χ3v) is 18.0. The highest BCUT2D eigenvalue weighted by molar-refractivity contribution is 7.92. The number of aliphatic hydroxyl groups is 2. The van der Waals surface area contributed by atoms with Gasteiger partial charge in [0.25, 0.3) is 0 Å². The Morgan fingerprint density at radius 3 is 1.37 bits per heavy atom. The zero-order valence-corrected chi connectivity index (χ0v) is 53.1. The van der Waals surface area contributed by atoms with E-state index in [1.165, 1.54) is 35.1 Å². The molecule has 83 heavy (non-hydrogen) atoms. The highest BCUT2D eigenvalue weighted by Crippen LogP contribution is 2.42. The number of β-amino-alcohol motifs (C(OH)–C–C–N with tert-alkyl or cyclic N) is 1. The number of pyridine rings is 2. The van der Waals surface area contributed by atoms with E-state index >= 15 is 0 Å². The lowest BCUT2D eigenvalue weighted by Crippen LogP contribution is -2.50. The molecule has 0 aliphatic carbocycles. The lowest BCUT2D eigenvalue weighted by molar-refractivity contribution is 0.0167. The van der Waals surface area contributed by atoms with E-state index in [1.54, 1.807) is 61.0 Å². The second-order valence-electron chi connectivity index (χ2n) is 22.2. The highest BCUT2D eigenvalue weighted by Gasteiger charge is 2.29. The molecule has 0 aromatic carbocycles. The summed E-state index contributed by atoms with van der Waals surface area (Å²) in [7, 11) is -4.17. The summed E-state index contributed by atoms with van der Waals surface area (Å²) in [6.07, 6.45) is 5.53. The van der Waals surface area contributed by atoms with Crippen molar-refractivity contribution in [3.8, 4) is 34.3 Å². The number of aryl methyl sites for hydroxylation is 2. The molecule has 0 bridgehead atoms. The summed E-state index contributed by atoms with van der Waals surface area (Å²) in [5, 5.41) is 22.3. The van der Waals surface area contributed by atoms with Gasteiger partial charge in [-0.1, -0.05) is 0 Å². The lowest BCUT2D eigenvalue weighted by Gasteiger charge is -2.37. The Morgan fingerprint density at radius 1 is 0.627 bits per heavy atom. The number of alkyl halides is 1. The first-order chi connectivity index (χ1) is 39.3. The molecule has 4 aliphatic heterocycles. The number of morpholine rings is 2. The van der Waals surface area contributed by atoms with E-state index in [2.05, 4.69) is 63.1 Å². The topological polar surface area (TPSA) is 275 Å². The summed E-state index contributed by atoms with van der Waals surface area (Å²) < 4.78 is 76.7. The predicted octanol–water partition coefficient (Wildman–Crippen LogP) is 4.85. The number of thiophene rings is 2. The van der Waals surface area contributed by atoms with Crippen molar-refractivity contribution in [2.75, 3.05) is 163 Å². The van der Waals surface area contributed by atoms with E-state index in [0.29, 0.717) is 93.7 Å². The molecule has 5 N–H and O–H groups in total. The van der Waals surface area contributed by atoms with Gasteiger partial charge in [0, 0.05) is 143 Å². The van der Waals surface area contributed by atoms with Crippen molar-refractivity contribution in [1.29, 1.82) is 0 Å². The Morgan fingerprint density at radius 2 is 1.01 bits per heavy atom. The molecule has 0 atom stereocenters. The minimum atomic E-state index is -3.55. The van der Waals surface area contributed by atoms with Crippen LogP contribution in [-0.2, 0) is 42.6 Å². The van der Waals surface area contributed by atoms with E-state index in [4.69, 9.17) is 55.6 Å². The van der Waals surface area contributed by atoms with Crippen molar-refractivity contribution < 1.29 is 46.0 Å². The number of piperazine rings is 2. The Bertz CT molecular complexity index is 3410. The molecule has 0 amide bonds. The van der Waals surface area contributed by atoms with Crippen molar-refractivity contribution >= 4 is 98.0 Å². The predicted molar refractivity (Wildman–Crippen MR) is 330 cm³/mol. The van der Waals surface area contributed by atoms with Crippen molar-refractivity contribution in [1.82, 2.24) is 49.9 Å². The number of rotatable bonds is 17. The van der Waals surface area contributed by atoms with Crippen LogP contribution < -0.4 is 34.0 Å². The van der Waals surface area contributed by atoms with Gasteiger partial charge in [-0.3, -0.25) is 24.1 Å². The van der Waals surface area contributed by atoms with Crippen LogP contribution in [0.15, 0.2) is 24.5 Å².